The summed E-state index contributed by atoms with van der Waals surface area (Å²) in [5.41, 5.74) is 0.666. The van der Waals surface area contributed by atoms with Crippen molar-refractivity contribution in [1.82, 2.24) is 4.90 Å². The third-order valence-corrected chi connectivity index (χ3v) is 3.65. The van der Waals surface area contributed by atoms with E-state index in [0.29, 0.717) is 31.9 Å². The second kappa shape index (κ2) is 8.53. The molecule has 0 radical (unpaired) electrons. The highest BCUT2D eigenvalue weighted by Gasteiger charge is 2.17. The Morgan fingerprint density at radius 3 is 2.73 bits per heavy atom. The van der Waals surface area contributed by atoms with Gasteiger partial charge in [0.1, 0.15) is 0 Å². The van der Waals surface area contributed by atoms with Gasteiger partial charge in [-0.25, -0.2) is 8.78 Å². The van der Waals surface area contributed by atoms with Gasteiger partial charge in [-0.05, 0) is 37.6 Å². The zero-order valence-electron chi connectivity index (χ0n) is 12.8. The van der Waals surface area contributed by atoms with Crippen LogP contribution in [0.4, 0.5) is 8.78 Å². The van der Waals surface area contributed by atoms with Crippen molar-refractivity contribution in [3.63, 3.8) is 0 Å². The zero-order valence-corrected chi connectivity index (χ0v) is 12.8. The SMILES string of the molecule is CN(Cc1ccc(F)c(F)c1)CC(O)COC1CCOCC1. The predicted octanol–water partition coefficient (Wildman–Crippen LogP) is 1.95. The van der Waals surface area contributed by atoms with Crippen LogP contribution in [-0.2, 0) is 16.0 Å². The second-order valence-electron chi connectivity index (χ2n) is 5.74. The Labute approximate surface area is 129 Å². The van der Waals surface area contributed by atoms with Crippen LogP contribution in [0.5, 0.6) is 0 Å². The quantitative estimate of drug-likeness (QED) is 0.835. The van der Waals surface area contributed by atoms with Gasteiger partial charge in [-0.3, -0.25) is 4.90 Å². The van der Waals surface area contributed by atoms with Gasteiger partial charge in [0.05, 0.1) is 18.8 Å². The van der Waals surface area contributed by atoms with E-state index in [1.54, 1.807) is 6.07 Å². The van der Waals surface area contributed by atoms with E-state index in [2.05, 4.69) is 0 Å². The van der Waals surface area contributed by atoms with Crippen LogP contribution in [0, 0.1) is 11.6 Å². The molecule has 1 unspecified atom stereocenters. The van der Waals surface area contributed by atoms with Gasteiger partial charge in [0.15, 0.2) is 11.6 Å². The van der Waals surface area contributed by atoms with Gasteiger partial charge in [-0.1, -0.05) is 6.07 Å². The van der Waals surface area contributed by atoms with Crippen LogP contribution in [0.2, 0.25) is 0 Å². The van der Waals surface area contributed by atoms with E-state index in [1.165, 1.54) is 6.07 Å². The van der Waals surface area contributed by atoms with Gasteiger partial charge >= 0.3 is 0 Å². The van der Waals surface area contributed by atoms with Gasteiger partial charge in [0.2, 0.25) is 0 Å². The molecule has 0 spiro atoms. The fraction of sp³-hybridized carbons (Fsp3) is 0.625. The molecule has 2 rings (SSSR count). The van der Waals surface area contributed by atoms with E-state index in [0.717, 1.165) is 18.9 Å². The molecule has 1 aliphatic rings. The molecular formula is C16H23F2NO3. The molecule has 6 heteroatoms. The Bertz CT molecular complexity index is 467. The van der Waals surface area contributed by atoms with Crippen LogP contribution in [0.3, 0.4) is 0 Å². The van der Waals surface area contributed by atoms with Crippen LogP contribution >= 0.6 is 0 Å². The summed E-state index contributed by atoms with van der Waals surface area (Å²) in [5, 5.41) is 9.99. The van der Waals surface area contributed by atoms with Crippen molar-refractivity contribution in [2.24, 2.45) is 0 Å². The molecule has 1 aromatic rings. The fourth-order valence-electron chi connectivity index (χ4n) is 2.52. The van der Waals surface area contributed by atoms with E-state index < -0.39 is 17.7 Å². The van der Waals surface area contributed by atoms with E-state index in [1.807, 2.05) is 11.9 Å². The van der Waals surface area contributed by atoms with E-state index in [9.17, 15) is 13.9 Å². The van der Waals surface area contributed by atoms with E-state index in [-0.39, 0.29) is 12.7 Å². The summed E-state index contributed by atoms with van der Waals surface area (Å²) in [6.45, 7) is 2.52. The normalized spacial score (nSPS) is 17.9. The highest BCUT2D eigenvalue weighted by atomic mass is 19.2. The number of ether oxygens (including phenoxy) is 2. The Morgan fingerprint density at radius 1 is 1.32 bits per heavy atom. The number of aliphatic hydroxyl groups is 1. The summed E-state index contributed by atoms with van der Waals surface area (Å²) in [6.07, 6.45) is 1.26. The molecule has 0 saturated carbocycles. The van der Waals surface area contributed by atoms with Gasteiger partial charge < -0.3 is 14.6 Å². The maximum Gasteiger partial charge on any atom is 0.159 e. The molecule has 4 nitrogen and oxygen atoms in total. The fourth-order valence-corrected chi connectivity index (χ4v) is 2.52. The molecule has 1 atom stereocenters. The molecule has 1 aliphatic heterocycles. The van der Waals surface area contributed by atoms with Crippen molar-refractivity contribution < 1.29 is 23.4 Å². The number of benzene rings is 1. The van der Waals surface area contributed by atoms with E-state index in [4.69, 9.17) is 9.47 Å². The third-order valence-electron chi connectivity index (χ3n) is 3.65. The maximum absolute atomic E-state index is 13.1. The molecular weight excluding hydrogens is 292 g/mol. The Kier molecular flexibility index (Phi) is 6.70. The summed E-state index contributed by atoms with van der Waals surface area (Å²) >= 11 is 0. The van der Waals surface area contributed by atoms with Crippen molar-refractivity contribution in [3.05, 3.63) is 35.4 Å². The van der Waals surface area contributed by atoms with Gasteiger partial charge in [0.25, 0.3) is 0 Å². The number of hydrogen-bond donors (Lipinski definition) is 1. The molecule has 1 heterocycles. The molecule has 0 aliphatic carbocycles. The monoisotopic (exact) mass is 315 g/mol. The van der Waals surface area contributed by atoms with Crippen molar-refractivity contribution >= 4 is 0 Å². The zero-order chi connectivity index (χ0) is 15.9. The molecule has 1 saturated heterocycles. The second-order valence-corrected chi connectivity index (χ2v) is 5.74. The lowest BCUT2D eigenvalue weighted by Gasteiger charge is -2.25. The number of aliphatic hydroxyl groups excluding tert-OH is 1. The minimum absolute atomic E-state index is 0.153. The largest absolute Gasteiger partial charge is 0.389 e. The van der Waals surface area contributed by atoms with E-state index >= 15 is 0 Å². The number of nitrogens with zero attached hydrogens (tertiary/aromatic N) is 1. The van der Waals surface area contributed by atoms with Crippen molar-refractivity contribution in [2.45, 2.75) is 31.6 Å². The lowest BCUT2D eigenvalue weighted by molar-refractivity contribution is -0.0634. The van der Waals surface area contributed by atoms with Crippen LogP contribution in [0.15, 0.2) is 18.2 Å². The molecule has 0 aromatic heterocycles. The van der Waals surface area contributed by atoms with Crippen LogP contribution in [0.25, 0.3) is 0 Å². The highest BCUT2D eigenvalue weighted by Crippen LogP contribution is 2.12. The van der Waals surface area contributed by atoms with Crippen molar-refractivity contribution in [3.8, 4) is 0 Å². The first-order valence-electron chi connectivity index (χ1n) is 7.54. The molecule has 124 valence electrons. The smallest absolute Gasteiger partial charge is 0.159 e. The average molecular weight is 315 g/mol. The van der Waals surface area contributed by atoms with Gasteiger partial charge in [-0.2, -0.15) is 0 Å². The van der Waals surface area contributed by atoms with Crippen molar-refractivity contribution in [1.29, 1.82) is 0 Å². The molecule has 22 heavy (non-hydrogen) atoms. The Balaban J connectivity index is 1.70. The number of halogens is 2. The molecule has 1 N–H and O–H groups in total. The minimum atomic E-state index is -0.853. The number of hydrogen-bond acceptors (Lipinski definition) is 4. The minimum Gasteiger partial charge on any atom is -0.389 e. The molecule has 0 bridgehead atoms. The molecule has 1 aromatic carbocycles. The average Bonchev–Trinajstić information content (AvgIpc) is 2.50. The lowest BCUT2D eigenvalue weighted by atomic mass is 10.1. The van der Waals surface area contributed by atoms with Crippen LogP contribution in [0.1, 0.15) is 18.4 Å². The van der Waals surface area contributed by atoms with Gasteiger partial charge in [0, 0.05) is 26.3 Å². The first kappa shape index (κ1) is 17.3. The summed E-state index contributed by atoms with van der Waals surface area (Å²) < 4.78 is 36.9. The molecule has 0 amide bonds. The molecule has 1 fully saturated rings. The van der Waals surface area contributed by atoms with Crippen LogP contribution in [-0.4, -0.2) is 55.6 Å². The van der Waals surface area contributed by atoms with Gasteiger partial charge in [-0.15, -0.1) is 0 Å². The maximum atomic E-state index is 13.1. The van der Waals surface area contributed by atoms with Crippen molar-refractivity contribution in [2.75, 3.05) is 33.4 Å². The summed E-state index contributed by atoms with van der Waals surface area (Å²) in [4.78, 5) is 1.85. The third kappa shape index (κ3) is 5.61. The topological polar surface area (TPSA) is 41.9 Å². The summed E-state index contributed by atoms with van der Waals surface area (Å²) in [5.74, 6) is -1.70. The highest BCUT2D eigenvalue weighted by molar-refractivity contribution is 5.17. The number of rotatable bonds is 7. The Hall–Kier alpha value is -1.08. The Morgan fingerprint density at radius 2 is 2.05 bits per heavy atom. The van der Waals surface area contributed by atoms with Crippen LogP contribution < -0.4 is 0 Å². The summed E-state index contributed by atoms with van der Waals surface area (Å²) in [6, 6.07) is 3.83. The standard InChI is InChI=1S/C16H23F2NO3/c1-19(9-12-2-3-15(17)16(18)8-12)10-13(20)11-22-14-4-6-21-7-5-14/h2-3,8,13-14,20H,4-7,9-11H2,1H3. The first-order chi connectivity index (χ1) is 10.5. The predicted molar refractivity (Wildman–Crippen MR) is 78.5 cm³/mol. The lowest BCUT2D eigenvalue weighted by Crippen LogP contribution is -2.34. The number of likely N-dealkylation sites (N-methyl/N-ethyl adjacent to an activating group) is 1. The first-order valence-corrected chi connectivity index (χ1v) is 7.54. The summed E-state index contributed by atoms with van der Waals surface area (Å²) in [7, 11) is 1.82.